The molecule has 1 N–H and O–H groups in total. The first-order chi connectivity index (χ1) is 20.9. The lowest BCUT2D eigenvalue weighted by Crippen LogP contribution is -2.43. The molecule has 4 heterocycles. The summed E-state index contributed by atoms with van der Waals surface area (Å²) >= 11 is 0. The minimum atomic E-state index is -1.01. The molecule has 2 aromatic rings. The average Bonchev–Trinajstić information content (AvgIpc) is 3.83. The summed E-state index contributed by atoms with van der Waals surface area (Å²) in [6, 6.07) is 0.102. The molecule has 13 nitrogen and oxygen atoms in total. The number of nitrogens with one attached hydrogen (secondary N) is 1. The maximum atomic E-state index is 13.4. The molecule has 0 bridgehead atoms. The van der Waals surface area contributed by atoms with Gasteiger partial charge < -0.3 is 29.0 Å². The Morgan fingerprint density at radius 3 is 2.26 bits per heavy atom. The van der Waals surface area contributed by atoms with E-state index >= 15 is 0 Å². The highest BCUT2D eigenvalue weighted by Crippen LogP contribution is 2.39. The molecule has 234 valence electrons. The first-order valence-corrected chi connectivity index (χ1v) is 15.6. The lowest BCUT2D eigenvalue weighted by Gasteiger charge is -2.26. The fraction of sp³-hybridized carbons (Fsp3) is 0.733. The fourth-order valence-corrected chi connectivity index (χ4v) is 6.43. The van der Waals surface area contributed by atoms with Crippen molar-refractivity contribution in [2.24, 2.45) is 17.8 Å². The Morgan fingerprint density at radius 2 is 1.63 bits per heavy atom. The third kappa shape index (κ3) is 6.47. The van der Waals surface area contributed by atoms with E-state index in [4.69, 9.17) is 23.7 Å². The zero-order valence-corrected chi connectivity index (χ0v) is 24.8. The van der Waals surface area contributed by atoms with E-state index < -0.39 is 30.5 Å². The molecule has 5 atom stereocenters. The Labute approximate surface area is 250 Å². The molecule has 1 unspecified atom stereocenters. The summed E-state index contributed by atoms with van der Waals surface area (Å²) in [7, 11) is 0. The molecular formula is C30H41N5O8. The SMILES string of the molecule is CC(C)C(=O)OC[C@H]1OC(n2cnc3c(N[C@@H]4CCOC4)ncnc32)[C@H](OC(=O)C2CCCC2)[C@@H]1OC(=O)C1CCCC1. The van der Waals surface area contributed by atoms with Gasteiger partial charge >= 0.3 is 17.9 Å². The van der Waals surface area contributed by atoms with Crippen LogP contribution in [0.3, 0.4) is 0 Å². The van der Waals surface area contributed by atoms with Crippen LogP contribution >= 0.6 is 0 Å². The summed E-state index contributed by atoms with van der Waals surface area (Å²) in [6.07, 6.45) is 6.90. The number of rotatable bonds is 10. The molecule has 2 aliphatic heterocycles. The van der Waals surface area contributed by atoms with Crippen LogP contribution in [0.4, 0.5) is 5.82 Å². The highest BCUT2D eigenvalue weighted by Gasteiger charge is 2.52. The molecule has 2 aromatic heterocycles. The highest BCUT2D eigenvalue weighted by atomic mass is 16.7. The maximum Gasteiger partial charge on any atom is 0.309 e. The van der Waals surface area contributed by atoms with E-state index in [1.54, 1.807) is 24.7 Å². The second-order valence-corrected chi connectivity index (χ2v) is 12.4. The van der Waals surface area contributed by atoms with E-state index in [1.165, 1.54) is 6.33 Å². The van der Waals surface area contributed by atoms with Crippen LogP contribution in [0, 0.1) is 17.8 Å². The van der Waals surface area contributed by atoms with Gasteiger partial charge in [0.1, 0.15) is 19.0 Å². The van der Waals surface area contributed by atoms with Gasteiger partial charge in [-0.3, -0.25) is 19.0 Å². The van der Waals surface area contributed by atoms with Gasteiger partial charge in [-0.05, 0) is 32.1 Å². The number of carbonyl (C=O) groups is 3. The molecule has 0 amide bonds. The number of esters is 3. The van der Waals surface area contributed by atoms with Crippen LogP contribution in [-0.2, 0) is 38.1 Å². The summed E-state index contributed by atoms with van der Waals surface area (Å²) in [5, 5.41) is 3.38. The predicted molar refractivity (Wildman–Crippen MR) is 152 cm³/mol. The number of fused-ring (bicyclic) bond motifs is 1. The van der Waals surface area contributed by atoms with Gasteiger partial charge in [0.15, 0.2) is 35.4 Å². The van der Waals surface area contributed by atoms with Gasteiger partial charge in [0.2, 0.25) is 0 Å². The van der Waals surface area contributed by atoms with Gasteiger partial charge in [0.25, 0.3) is 0 Å². The van der Waals surface area contributed by atoms with Crippen molar-refractivity contribution in [3.8, 4) is 0 Å². The number of imidazole rings is 1. The van der Waals surface area contributed by atoms with Crippen LogP contribution in [0.2, 0.25) is 0 Å². The number of hydrogen-bond acceptors (Lipinski definition) is 12. The molecule has 2 aliphatic carbocycles. The van der Waals surface area contributed by atoms with Crippen LogP contribution < -0.4 is 5.32 Å². The molecular weight excluding hydrogens is 558 g/mol. The third-order valence-corrected chi connectivity index (χ3v) is 8.93. The van der Waals surface area contributed by atoms with Crippen molar-refractivity contribution in [1.82, 2.24) is 19.5 Å². The Balaban J connectivity index is 1.33. The largest absolute Gasteiger partial charge is 0.463 e. The number of ether oxygens (including phenoxy) is 5. The van der Waals surface area contributed by atoms with Crippen molar-refractivity contribution in [3.63, 3.8) is 0 Å². The van der Waals surface area contributed by atoms with Gasteiger partial charge in [-0.15, -0.1) is 0 Å². The van der Waals surface area contributed by atoms with E-state index in [-0.39, 0.29) is 42.3 Å². The lowest BCUT2D eigenvalue weighted by atomic mass is 10.1. The average molecular weight is 600 g/mol. The Hall–Kier alpha value is -3.32. The summed E-state index contributed by atoms with van der Waals surface area (Å²) < 4.78 is 31.5. The minimum absolute atomic E-state index is 0.102. The molecule has 0 spiro atoms. The van der Waals surface area contributed by atoms with Crippen LogP contribution in [0.25, 0.3) is 11.2 Å². The summed E-state index contributed by atoms with van der Waals surface area (Å²) in [5.41, 5.74) is 0.983. The monoisotopic (exact) mass is 599 g/mol. The van der Waals surface area contributed by atoms with Gasteiger partial charge in [-0.1, -0.05) is 39.5 Å². The van der Waals surface area contributed by atoms with Crippen LogP contribution in [0.15, 0.2) is 12.7 Å². The molecule has 2 saturated heterocycles. The Morgan fingerprint density at radius 1 is 0.953 bits per heavy atom. The molecule has 0 aromatic carbocycles. The topological polar surface area (TPSA) is 153 Å². The Kier molecular flexibility index (Phi) is 9.08. The van der Waals surface area contributed by atoms with Crippen molar-refractivity contribution < 1.29 is 38.1 Å². The maximum absolute atomic E-state index is 13.4. The molecule has 4 fully saturated rings. The van der Waals surface area contributed by atoms with E-state index in [0.29, 0.717) is 30.2 Å². The summed E-state index contributed by atoms with van der Waals surface area (Å²) in [5.74, 6) is -1.34. The highest BCUT2D eigenvalue weighted by molar-refractivity contribution is 5.83. The van der Waals surface area contributed by atoms with Crippen molar-refractivity contribution in [2.75, 3.05) is 25.1 Å². The van der Waals surface area contributed by atoms with E-state index in [2.05, 4.69) is 20.3 Å². The standard InChI is InChI=1S/C30H41N5O8/c1-17(2)28(36)40-14-21-23(42-29(37)18-7-3-4-8-18)24(43-30(38)19-9-5-6-10-19)27(41-21)35-16-33-22-25(31-15-32-26(22)35)34-20-11-12-39-13-20/h15-21,23-24,27H,3-14H2,1-2H3,(H,31,32,34)/t20-,21-,23-,24-,27?/m1/s1. The smallest absolute Gasteiger partial charge is 0.309 e. The summed E-state index contributed by atoms with van der Waals surface area (Å²) in [6.45, 7) is 4.57. The second kappa shape index (κ2) is 13.1. The first kappa shape index (κ1) is 29.7. The van der Waals surface area contributed by atoms with Crippen LogP contribution in [-0.4, -0.2) is 81.6 Å². The van der Waals surface area contributed by atoms with Crippen molar-refractivity contribution >= 4 is 34.9 Å². The number of anilines is 1. The zero-order valence-electron chi connectivity index (χ0n) is 24.8. The van der Waals surface area contributed by atoms with Crippen molar-refractivity contribution in [2.45, 2.75) is 102 Å². The molecule has 43 heavy (non-hydrogen) atoms. The van der Waals surface area contributed by atoms with Gasteiger partial charge in [0, 0.05) is 6.61 Å². The Bertz CT molecular complexity index is 1300. The van der Waals surface area contributed by atoms with Crippen molar-refractivity contribution in [3.05, 3.63) is 12.7 Å². The molecule has 4 aliphatic rings. The summed E-state index contributed by atoms with van der Waals surface area (Å²) in [4.78, 5) is 52.6. The minimum Gasteiger partial charge on any atom is -0.463 e. The molecule has 6 rings (SSSR count). The van der Waals surface area contributed by atoms with Gasteiger partial charge in [-0.2, -0.15) is 0 Å². The van der Waals surface area contributed by atoms with E-state index in [1.807, 2.05) is 0 Å². The first-order valence-electron chi connectivity index (χ1n) is 15.6. The number of hydrogen-bond donors (Lipinski definition) is 1. The van der Waals surface area contributed by atoms with Gasteiger partial charge in [0.05, 0.1) is 36.7 Å². The normalized spacial score (nSPS) is 28.1. The molecule has 0 radical (unpaired) electrons. The molecule has 13 heteroatoms. The van der Waals surface area contributed by atoms with Gasteiger partial charge in [-0.25, -0.2) is 15.0 Å². The lowest BCUT2D eigenvalue weighted by molar-refractivity contribution is -0.174. The third-order valence-electron chi connectivity index (χ3n) is 8.93. The van der Waals surface area contributed by atoms with E-state index in [0.717, 1.165) is 57.8 Å². The predicted octanol–water partition coefficient (Wildman–Crippen LogP) is 3.33. The van der Waals surface area contributed by atoms with Crippen LogP contribution in [0.5, 0.6) is 0 Å². The number of nitrogens with zero attached hydrogens (tertiary/aromatic N) is 4. The number of aromatic nitrogens is 4. The zero-order chi connectivity index (χ0) is 29.9. The second-order valence-electron chi connectivity index (χ2n) is 12.4. The number of carbonyl (C=O) groups excluding carboxylic acids is 3. The van der Waals surface area contributed by atoms with Crippen molar-refractivity contribution in [1.29, 1.82) is 0 Å². The quantitative estimate of drug-likeness (QED) is 0.315. The molecule has 2 saturated carbocycles. The van der Waals surface area contributed by atoms with Crippen LogP contribution in [0.1, 0.15) is 77.9 Å². The van der Waals surface area contributed by atoms with E-state index in [9.17, 15) is 14.4 Å². The fourth-order valence-electron chi connectivity index (χ4n) is 6.43.